The number of nitrogens with one attached hydrogen (secondary N) is 2. The number of ether oxygens (including phenoxy) is 3. The molecule has 0 aliphatic carbocycles. The molecule has 32 nitrogen and oxygen atoms in total. The first kappa shape index (κ1) is 97.9. The van der Waals surface area contributed by atoms with Gasteiger partial charge in [-0.05, 0) is 186 Å². The van der Waals surface area contributed by atoms with Crippen LogP contribution in [0.5, 0.6) is 17.2 Å². The van der Waals surface area contributed by atoms with Gasteiger partial charge >= 0.3 is 0 Å². The normalized spacial score (nSPS) is 15.3. The van der Waals surface area contributed by atoms with Gasteiger partial charge in [-0.25, -0.2) is 61.5 Å². The van der Waals surface area contributed by atoms with Crippen LogP contribution < -0.4 is 56.7 Å². The molecular weight excluding hydrogens is 1870 g/mol. The Bertz CT molecular complexity index is 7560. The van der Waals surface area contributed by atoms with E-state index >= 15 is 0 Å². The number of imide groups is 1. The standard InChI is InChI=1S/C48H49FN10O4.C31H27FN6O3.C24H23FN6O2.C7H5FO/c1-63-42-16-10-35(49)23-39(42)41(60)15-6-30-2-7-32(8-3-30)45-44-46(50)51-29-52-47(44)59(54-45)38-27-57(28-38)36-11-4-31(5-12-36)24-55-18-20-56(21-19-55)37-13-9-33-25-58(26-34(33)22-37)40-14-17-43(61)53-48(40)62;1-41-27-13-9-22(32)14-25(27)26(40)12-6-19-2-7-21(8-3-19)29-28-30(33)34-18-35-31(28)38(36-29)24-15-37(16-24)23-10-4-20(17-39)5-11-23;1-33-20-9-7-16(25)10-18(20)19(32)8-4-14-2-5-15(6-3-14)22-21-23(26)28-13-29-24(21)31(30-22)17-11-27-12-17;8-7-3-1-6(5-9)2-4-7/h2-5,7-13,16,22-23,29,38,40H,6,14-15,17-21,24-28H2,1H3,(H2,50,51,52)(H,53,61,62);2-5,7-11,13-14,17-18,24H,6,12,15-16H2,1H3,(H2,33,34,35);2-3,5-7,9-10,13,17,27H,4,8,11-12H2,1H3,(H2,26,28,29);1-5H/t40-;;;/m0.../s1. The van der Waals surface area contributed by atoms with E-state index in [0.29, 0.717) is 118 Å². The van der Waals surface area contributed by atoms with Gasteiger partial charge < -0.3 is 51.4 Å². The zero-order valence-corrected chi connectivity index (χ0v) is 80.3. The number of aryl methyl sites for hydroxylation is 3. The number of amides is 2. The Kier molecular flexibility index (Phi) is 29.2. The number of nitrogens with two attached hydrogens (primary N) is 3. The fraction of sp³-hybridized carbons (Fsp3) is 0.255. The van der Waals surface area contributed by atoms with E-state index in [-0.39, 0.29) is 95.1 Å². The van der Waals surface area contributed by atoms with Crippen molar-refractivity contribution in [3.8, 4) is 51.0 Å². The highest BCUT2D eigenvalue weighted by atomic mass is 19.1. The maximum atomic E-state index is 13.9. The molecule has 22 rings (SSSR count). The third kappa shape index (κ3) is 21.4. The van der Waals surface area contributed by atoms with Gasteiger partial charge in [-0.2, -0.15) is 15.3 Å². The number of piperidine rings is 1. The topological polar surface area (TPSA) is 396 Å². The summed E-state index contributed by atoms with van der Waals surface area (Å²) in [7, 11) is 4.39. The summed E-state index contributed by atoms with van der Waals surface area (Å²) in [5, 5.41) is 22.7. The molecule has 1 atom stereocenters. The summed E-state index contributed by atoms with van der Waals surface area (Å²) in [5.74, 6) is -0.392. The third-order valence-electron chi connectivity index (χ3n) is 27.5. The fourth-order valence-electron chi connectivity index (χ4n) is 19.2. The van der Waals surface area contributed by atoms with E-state index in [1.807, 2.05) is 111 Å². The highest BCUT2D eigenvalue weighted by molar-refractivity contribution is 6.04. The number of ketones is 3. The van der Waals surface area contributed by atoms with Crippen molar-refractivity contribution in [3.05, 3.63) is 322 Å². The molecule has 0 spiro atoms. The number of rotatable bonds is 29. The number of piperazine rings is 1. The number of fused-ring (bicyclic) bond motifs is 4. The Balaban J connectivity index is 0.000000139. The van der Waals surface area contributed by atoms with Crippen LogP contribution in [0.1, 0.15) is 135 Å². The van der Waals surface area contributed by atoms with E-state index in [9.17, 15) is 51.1 Å². The molecule has 2 amide bonds. The summed E-state index contributed by atoms with van der Waals surface area (Å²) in [6.45, 7) is 10.9. The number of hydrogen-bond acceptors (Lipinski definition) is 28. The molecule has 6 aliphatic rings. The smallest absolute Gasteiger partial charge is 0.243 e. The number of aldehydes is 2. The number of nitrogen functional groups attached to an aromatic ring is 3. The molecule has 10 aromatic carbocycles. The summed E-state index contributed by atoms with van der Waals surface area (Å²) in [4.78, 5) is 121. The monoisotopic (exact) mass is 1970 g/mol. The molecule has 0 unspecified atom stereocenters. The maximum Gasteiger partial charge on any atom is 0.243 e. The van der Waals surface area contributed by atoms with Crippen molar-refractivity contribution in [2.45, 2.75) is 95.2 Å². The summed E-state index contributed by atoms with van der Waals surface area (Å²) >= 11 is 0. The van der Waals surface area contributed by atoms with Crippen LogP contribution in [-0.2, 0) is 48.5 Å². The van der Waals surface area contributed by atoms with Gasteiger partial charge in [0.25, 0.3) is 0 Å². The molecule has 8 N–H and O–H groups in total. The predicted octanol–water partition coefficient (Wildman–Crippen LogP) is 15.3. The van der Waals surface area contributed by atoms with E-state index in [4.69, 9.17) is 46.7 Å². The predicted molar refractivity (Wildman–Crippen MR) is 546 cm³/mol. The van der Waals surface area contributed by atoms with Crippen LogP contribution in [0.3, 0.4) is 0 Å². The highest BCUT2D eigenvalue weighted by Crippen LogP contribution is 2.41. The van der Waals surface area contributed by atoms with E-state index in [1.165, 1.54) is 147 Å². The number of methoxy groups -OCH3 is 3. The second-order valence-corrected chi connectivity index (χ2v) is 36.7. The molecule has 36 heteroatoms. The lowest BCUT2D eigenvalue weighted by Crippen LogP contribution is -2.50. The van der Waals surface area contributed by atoms with Gasteiger partial charge in [0, 0.05) is 156 Å². The summed E-state index contributed by atoms with van der Waals surface area (Å²) in [6, 6.07) is 64.1. The lowest BCUT2D eigenvalue weighted by molar-refractivity contribution is -0.137. The first-order valence-corrected chi connectivity index (χ1v) is 48.1. The van der Waals surface area contributed by atoms with E-state index in [1.54, 1.807) is 0 Å². The molecule has 16 aromatic rings. The average molecular weight is 1970 g/mol. The second-order valence-electron chi connectivity index (χ2n) is 36.7. The highest BCUT2D eigenvalue weighted by Gasteiger charge is 2.38. The molecule has 0 saturated carbocycles. The maximum absolute atomic E-state index is 13.9. The largest absolute Gasteiger partial charge is 0.496 e. The van der Waals surface area contributed by atoms with Crippen molar-refractivity contribution in [1.29, 1.82) is 0 Å². The van der Waals surface area contributed by atoms with Crippen molar-refractivity contribution in [2.24, 2.45) is 0 Å². The number of hydrogen-bond donors (Lipinski definition) is 5. The van der Waals surface area contributed by atoms with Gasteiger partial charge in [0.1, 0.15) is 107 Å². The zero-order valence-electron chi connectivity index (χ0n) is 80.3. The average Bonchev–Trinajstić information content (AvgIpc) is 1.60. The van der Waals surface area contributed by atoms with Gasteiger partial charge in [-0.3, -0.25) is 48.7 Å². The molecule has 146 heavy (non-hydrogen) atoms. The lowest BCUT2D eigenvalue weighted by Gasteiger charge is -2.41. The molecule has 0 bridgehead atoms. The molecule has 5 saturated heterocycles. The minimum atomic E-state index is -0.476. The van der Waals surface area contributed by atoms with Crippen LogP contribution >= 0.6 is 0 Å². The summed E-state index contributed by atoms with van der Waals surface area (Å²) < 4.78 is 74.8. The van der Waals surface area contributed by atoms with Crippen LogP contribution in [0.2, 0.25) is 0 Å². The van der Waals surface area contributed by atoms with Crippen molar-refractivity contribution in [1.82, 2.24) is 79.7 Å². The van der Waals surface area contributed by atoms with Gasteiger partial charge in [-0.1, -0.05) is 91.0 Å². The van der Waals surface area contributed by atoms with Gasteiger partial charge in [0.05, 0.1) is 78.3 Å². The quantitative estimate of drug-likeness (QED) is 0.0126. The Labute approximate surface area is 836 Å². The van der Waals surface area contributed by atoms with E-state index in [0.717, 1.165) is 147 Å². The molecule has 5 fully saturated rings. The van der Waals surface area contributed by atoms with E-state index < -0.39 is 17.5 Å². The van der Waals surface area contributed by atoms with Crippen molar-refractivity contribution >= 4 is 109 Å². The molecule has 742 valence electrons. The number of aromatic nitrogens is 12. The first-order chi connectivity index (χ1) is 71.0. The first-order valence-electron chi connectivity index (χ1n) is 48.1. The van der Waals surface area contributed by atoms with Gasteiger partial charge in [0.2, 0.25) is 11.8 Å². The van der Waals surface area contributed by atoms with Gasteiger partial charge in [0.15, 0.2) is 34.3 Å². The number of carbonyl (C=O) groups excluding carboxylic acids is 7. The summed E-state index contributed by atoms with van der Waals surface area (Å²) in [5.41, 5.74) is 37.8. The second kappa shape index (κ2) is 43.5. The number of benzene rings is 10. The molecule has 6 aromatic heterocycles. The lowest BCUT2D eigenvalue weighted by atomic mass is 10.00. The summed E-state index contributed by atoms with van der Waals surface area (Å²) in [6.07, 6.45) is 9.05. The minimum absolute atomic E-state index is 0.0939. The van der Waals surface area contributed by atoms with Crippen LogP contribution in [0.4, 0.5) is 52.1 Å². The number of carbonyl (C=O) groups is 7. The van der Waals surface area contributed by atoms with Crippen molar-refractivity contribution in [3.63, 3.8) is 0 Å². The van der Waals surface area contributed by atoms with Crippen LogP contribution in [0, 0.1) is 23.3 Å². The molecule has 0 radical (unpaired) electrons. The van der Waals surface area contributed by atoms with E-state index in [2.05, 4.69) is 108 Å². The van der Waals surface area contributed by atoms with Crippen LogP contribution in [0.15, 0.2) is 237 Å². The Hall–Kier alpha value is -16.9. The Morgan fingerprint density at radius 2 is 0.781 bits per heavy atom. The third-order valence-corrected chi connectivity index (χ3v) is 27.5. The molecule has 12 heterocycles. The molecule has 6 aliphatic heterocycles. The Morgan fingerprint density at radius 1 is 0.411 bits per heavy atom. The van der Waals surface area contributed by atoms with Crippen LogP contribution in [0.25, 0.3) is 66.9 Å². The SMILES string of the molecule is COc1ccc(F)cc1C(=O)CCc1ccc(-c2nn(C3CN(c4ccc(C=O)cc4)C3)c3ncnc(N)c23)cc1.COc1ccc(F)cc1C(=O)CCc1ccc(-c2nn(C3CN(c4ccc(CN5CCN(c6ccc7c(c6)CN([C@H]6CCC(=O)NC6=O)C7)CC5)cc4)C3)c3ncnc(N)c23)cc1.COc1ccc(F)cc1C(=O)CCc1ccc(-c2nn(C3CNC3)c3ncnc(N)c23)cc1.O=Cc1ccc(F)cc1. The van der Waals surface area contributed by atoms with Crippen LogP contribution in [-0.4, -0.2) is 204 Å². The number of anilines is 6. The van der Waals surface area contributed by atoms with Crippen molar-refractivity contribution < 1.29 is 65.3 Å². The number of Topliss-reactive ketones (excluding diaryl/α,β-unsaturated/α-hetero) is 3. The van der Waals surface area contributed by atoms with Crippen molar-refractivity contribution in [2.75, 3.05) is 119 Å². The van der Waals surface area contributed by atoms with Gasteiger partial charge in [-0.15, -0.1) is 0 Å². The number of halogens is 4. The fourth-order valence-corrected chi connectivity index (χ4v) is 19.2. The Morgan fingerprint density at radius 3 is 1.16 bits per heavy atom. The number of nitrogens with zero attached hydrogens (tertiary/aromatic N) is 17. The zero-order chi connectivity index (χ0) is 101. The molecular formula is C110H104F4N22O10. The minimum Gasteiger partial charge on any atom is -0.496 e.